The molecule has 0 rings (SSSR count). The van der Waals surface area contributed by atoms with Crippen LogP contribution in [0.2, 0.25) is 0 Å². The summed E-state index contributed by atoms with van der Waals surface area (Å²) in [6.07, 6.45) is 87.7. The molecule has 0 aliphatic heterocycles. The van der Waals surface area contributed by atoms with E-state index in [-0.39, 0.29) is 31.1 Å². The Labute approximate surface area is 469 Å². The highest BCUT2D eigenvalue weighted by Crippen LogP contribution is 2.14. The first kappa shape index (κ1) is 71.8. The van der Waals surface area contributed by atoms with Gasteiger partial charge in [0.15, 0.2) is 6.10 Å². The topological polar surface area (TPSA) is 78.9 Å². The maximum Gasteiger partial charge on any atom is 0.306 e. The summed E-state index contributed by atoms with van der Waals surface area (Å²) in [5.74, 6) is -0.921. The summed E-state index contributed by atoms with van der Waals surface area (Å²) in [6.45, 7) is 6.48. The number of esters is 3. The van der Waals surface area contributed by atoms with E-state index in [9.17, 15) is 14.4 Å². The second-order valence-electron chi connectivity index (χ2n) is 20.6. The summed E-state index contributed by atoms with van der Waals surface area (Å²) >= 11 is 0. The fourth-order valence-corrected chi connectivity index (χ4v) is 8.45. The van der Waals surface area contributed by atoms with E-state index in [1.54, 1.807) is 0 Å². The Kier molecular flexibility index (Phi) is 59.9. The molecule has 0 radical (unpaired) electrons. The average Bonchev–Trinajstić information content (AvgIpc) is 3.42. The van der Waals surface area contributed by atoms with Gasteiger partial charge in [0, 0.05) is 19.3 Å². The maximum atomic E-state index is 12.9. The highest BCUT2D eigenvalue weighted by molar-refractivity contribution is 5.71. The monoisotopic (exact) mass is 1050 g/mol. The molecule has 0 spiro atoms. The van der Waals surface area contributed by atoms with Gasteiger partial charge in [-0.1, -0.05) is 251 Å². The van der Waals surface area contributed by atoms with Crippen LogP contribution in [0.3, 0.4) is 0 Å². The van der Waals surface area contributed by atoms with E-state index in [2.05, 4.69) is 142 Å². The summed E-state index contributed by atoms with van der Waals surface area (Å²) in [4.78, 5) is 38.2. The van der Waals surface area contributed by atoms with Gasteiger partial charge in [-0.15, -0.1) is 0 Å². The molecule has 0 N–H and O–H groups in total. The van der Waals surface area contributed by atoms with Crippen LogP contribution in [-0.4, -0.2) is 37.2 Å². The Morgan fingerprint density at radius 3 is 0.829 bits per heavy atom. The largest absolute Gasteiger partial charge is 0.462 e. The van der Waals surface area contributed by atoms with Gasteiger partial charge in [0.25, 0.3) is 0 Å². The minimum atomic E-state index is -0.794. The number of hydrogen-bond donors (Lipinski definition) is 0. The summed E-state index contributed by atoms with van der Waals surface area (Å²) in [5, 5.41) is 0. The Morgan fingerprint density at radius 2 is 0.513 bits per heavy atom. The number of ether oxygens (including phenoxy) is 3. The molecular weight excluding hydrogens is 937 g/mol. The molecule has 0 saturated carbocycles. The first-order valence-corrected chi connectivity index (χ1v) is 31.5. The summed E-state index contributed by atoms with van der Waals surface area (Å²) in [7, 11) is 0. The number of unbranched alkanes of at least 4 members (excludes halogenated alkanes) is 25. The van der Waals surface area contributed by atoms with Gasteiger partial charge in [0.05, 0.1) is 0 Å². The molecule has 0 aliphatic carbocycles. The van der Waals surface area contributed by atoms with Crippen molar-refractivity contribution >= 4 is 17.9 Å². The molecule has 0 bridgehead atoms. The Morgan fingerprint density at radius 1 is 0.276 bits per heavy atom. The van der Waals surface area contributed by atoms with Gasteiger partial charge in [-0.05, 0) is 135 Å². The molecule has 6 heteroatoms. The van der Waals surface area contributed by atoms with Crippen molar-refractivity contribution in [1.29, 1.82) is 0 Å². The molecule has 0 aliphatic rings. The van der Waals surface area contributed by atoms with Crippen molar-refractivity contribution in [3.8, 4) is 0 Å². The summed E-state index contributed by atoms with van der Waals surface area (Å²) < 4.78 is 16.9. The molecule has 0 saturated heterocycles. The fourth-order valence-electron chi connectivity index (χ4n) is 8.45. The van der Waals surface area contributed by atoms with Gasteiger partial charge in [0.2, 0.25) is 0 Å². The second-order valence-corrected chi connectivity index (χ2v) is 20.6. The predicted molar refractivity (Wildman–Crippen MR) is 330 cm³/mol. The zero-order valence-electron chi connectivity index (χ0n) is 49.5. The molecule has 1 unspecified atom stereocenters. The lowest BCUT2D eigenvalue weighted by molar-refractivity contribution is -0.167. The summed E-state index contributed by atoms with van der Waals surface area (Å²) in [5.41, 5.74) is 0. The molecular formula is C70H116O6. The first-order valence-electron chi connectivity index (χ1n) is 31.5. The van der Waals surface area contributed by atoms with Crippen LogP contribution in [0.5, 0.6) is 0 Å². The number of carbonyl (C=O) groups is 3. The molecule has 432 valence electrons. The Balaban J connectivity index is 4.32. The third-order valence-corrected chi connectivity index (χ3v) is 13.2. The molecule has 0 aromatic rings. The van der Waals surface area contributed by atoms with E-state index >= 15 is 0 Å². The van der Waals surface area contributed by atoms with Crippen molar-refractivity contribution in [3.63, 3.8) is 0 Å². The highest BCUT2D eigenvalue weighted by atomic mass is 16.6. The van der Waals surface area contributed by atoms with E-state index in [1.807, 2.05) is 0 Å². The van der Waals surface area contributed by atoms with Gasteiger partial charge < -0.3 is 14.2 Å². The summed E-state index contributed by atoms with van der Waals surface area (Å²) in [6, 6.07) is 0. The lowest BCUT2D eigenvalue weighted by Gasteiger charge is -2.18. The van der Waals surface area contributed by atoms with Gasteiger partial charge in [-0.25, -0.2) is 0 Å². The van der Waals surface area contributed by atoms with Crippen LogP contribution < -0.4 is 0 Å². The minimum Gasteiger partial charge on any atom is -0.462 e. The molecule has 0 amide bonds. The van der Waals surface area contributed by atoms with Gasteiger partial charge >= 0.3 is 17.9 Å². The van der Waals surface area contributed by atoms with Crippen molar-refractivity contribution < 1.29 is 28.6 Å². The number of hydrogen-bond acceptors (Lipinski definition) is 6. The SMILES string of the molecule is CC/C=C\C/C=C\C/C=C\C/C=C\C/C=C\C/C=C\C/C=C\C/C=C\CCCCCCCCC(=O)OCC(COC(=O)CCCCCCC/C=C\CCCCCC)OC(=O)CCCCCCC/C=C\CCCCCCC. The van der Waals surface area contributed by atoms with Crippen LogP contribution in [-0.2, 0) is 28.6 Å². The quantitative estimate of drug-likeness (QED) is 0.0261. The van der Waals surface area contributed by atoms with Crippen LogP contribution in [0.4, 0.5) is 0 Å². The average molecular weight is 1050 g/mol. The number of rotatable bonds is 56. The van der Waals surface area contributed by atoms with Gasteiger partial charge in [0.1, 0.15) is 13.2 Å². The normalized spacial score (nSPS) is 12.9. The Hall–Kier alpha value is -4.19. The van der Waals surface area contributed by atoms with E-state index in [0.29, 0.717) is 19.3 Å². The third kappa shape index (κ3) is 60.7. The van der Waals surface area contributed by atoms with Crippen molar-refractivity contribution in [2.24, 2.45) is 0 Å². The zero-order chi connectivity index (χ0) is 55.0. The number of carbonyl (C=O) groups excluding carboxylic acids is 3. The van der Waals surface area contributed by atoms with E-state index in [4.69, 9.17) is 14.2 Å². The fraction of sp³-hybridized carbons (Fsp3) is 0.671. The third-order valence-electron chi connectivity index (χ3n) is 13.2. The number of allylic oxidation sites excluding steroid dienone is 20. The maximum absolute atomic E-state index is 12.9. The van der Waals surface area contributed by atoms with Crippen LogP contribution >= 0.6 is 0 Å². The van der Waals surface area contributed by atoms with Crippen LogP contribution in [0.15, 0.2) is 122 Å². The standard InChI is InChI=1S/C70H116O6/c1-4-7-10-13-16-19-22-25-27-28-29-30-31-32-33-34-35-36-37-38-39-40-41-42-43-46-48-51-54-57-60-63-69(72)75-66-67(65-74-68(71)62-59-56-53-50-47-44-24-21-18-15-12-9-6-3)76-70(73)64-61-58-55-52-49-45-26-23-20-17-14-11-8-5-2/h7,10,16,19,21,23-27,29-30,32-33,35-36,38-39,41-42,67H,4-6,8-9,11-15,17-18,20,22,28,31,34,37,40,43-66H2,1-3H3/b10-7-,19-16-,24-21-,26-23-,27-25-,30-29-,33-32-,36-35-,39-38-,42-41-. The predicted octanol–water partition coefficient (Wildman–Crippen LogP) is 21.6. The van der Waals surface area contributed by atoms with Gasteiger partial charge in [-0.3, -0.25) is 14.4 Å². The minimum absolute atomic E-state index is 0.0914. The molecule has 6 nitrogen and oxygen atoms in total. The van der Waals surface area contributed by atoms with E-state index < -0.39 is 6.10 Å². The van der Waals surface area contributed by atoms with Crippen LogP contribution in [0.1, 0.15) is 284 Å². The van der Waals surface area contributed by atoms with E-state index in [1.165, 1.54) is 103 Å². The van der Waals surface area contributed by atoms with Crippen molar-refractivity contribution in [1.82, 2.24) is 0 Å². The molecule has 0 heterocycles. The van der Waals surface area contributed by atoms with Crippen molar-refractivity contribution in [2.75, 3.05) is 13.2 Å². The zero-order valence-corrected chi connectivity index (χ0v) is 49.5. The highest BCUT2D eigenvalue weighted by Gasteiger charge is 2.19. The second kappa shape index (κ2) is 63.3. The molecule has 1 atom stereocenters. The van der Waals surface area contributed by atoms with Crippen molar-refractivity contribution in [2.45, 2.75) is 290 Å². The molecule has 0 aromatic heterocycles. The first-order chi connectivity index (χ1) is 37.5. The van der Waals surface area contributed by atoms with Crippen molar-refractivity contribution in [3.05, 3.63) is 122 Å². The van der Waals surface area contributed by atoms with Gasteiger partial charge in [-0.2, -0.15) is 0 Å². The lowest BCUT2D eigenvalue weighted by Crippen LogP contribution is -2.30. The van der Waals surface area contributed by atoms with Crippen LogP contribution in [0, 0.1) is 0 Å². The lowest BCUT2D eigenvalue weighted by atomic mass is 10.1. The molecule has 0 fully saturated rings. The Bertz CT molecular complexity index is 1590. The molecule has 76 heavy (non-hydrogen) atoms. The van der Waals surface area contributed by atoms with Crippen LogP contribution in [0.25, 0.3) is 0 Å². The smallest absolute Gasteiger partial charge is 0.306 e. The van der Waals surface area contributed by atoms with E-state index in [0.717, 1.165) is 141 Å². The molecule has 0 aromatic carbocycles.